The van der Waals surface area contributed by atoms with Crippen molar-refractivity contribution in [1.29, 1.82) is 0 Å². The SMILES string of the molecule is c1ccc(-n2c3ccccc3c3cc(-c4cccc(-c5ccc6c(c5)C5(c7ccccc7-c7ccccc75)c5cc(-c7cnc8c9ccccc9c9ccccc9c8n7)ccc5-6)c4)ccc32)cc1. The highest BCUT2D eigenvalue weighted by molar-refractivity contribution is 6.23. The number of fused-ring (bicyclic) bond motifs is 19. The molecule has 0 unspecified atom stereocenters. The minimum atomic E-state index is -0.535. The third kappa shape index (κ3) is 5.07. The monoisotopic (exact) mass is 861 g/mol. The molecular weight excluding hydrogens is 823 g/mol. The van der Waals surface area contributed by atoms with Crippen molar-refractivity contribution in [3.8, 4) is 61.5 Å². The maximum Gasteiger partial charge on any atom is 0.0979 e. The van der Waals surface area contributed by atoms with E-state index >= 15 is 0 Å². The van der Waals surface area contributed by atoms with Crippen LogP contribution in [0.2, 0.25) is 0 Å². The van der Waals surface area contributed by atoms with Crippen LogP contribution in [0.25, 0.3) is 116 Å². The molecule has 68 heavy (non-hydrogen) atoms. The van der Waals surface area contributed by atoms with Crippen molar-refractivity contribution in [3.63, 3.8) is 0 Å². The van der Waals surface area contributed by atoms with E-state index in [1.807, 2.05) is 6.20 Å². The van der Waals surface area contributed by atoms with Crippen molar-refractivity contribution in [2.45, 2.75) is 5.41 Å². The van der Waals surface area contributed by atoms with Gasteiger partial charge < -0.3 is 4.57 Å². The molecule has 15 rings (SSSR count). The van der Waals surface area contributed by atoms with Crippen LogP contribution in [0.1, 0.15) is 22.3 Å². The molecule has 2 aliphatic carbocycles. The van der Waals surface area contributed by atoms with E-state index in [1.165, 1.54) is 105 Å². The van der Waals surface area contributed by atoms with Crippen LogP contribution in [0.4, 0.5) is 0 Å². The average Bonchev–Trinajstić information content (AvgIpc) is 4.02. The maximum absolute atomic E-state index is 5.47. The van der Waals surface area contributed by atoms with Crippen molar-refractivity contribution in [2.75, 3.05) is 0 Å². The number of benzene rings is 11. The molecule has 2 aliphatic rings. The number of hydrogen-bond acceptors (Lipinski definition) is 2. The third-order valence-corrected chi connectivity index (χ3v) is 15.0. The van der Waals surface area contributed by atoms with Gasteiger partial charge in [-0.1, -0.05) is 182 Å². The van der Waals surface area contributed by atoms with Crippen molar-refractivity contribution >= 4 is 54.4 Å². The van der Waals surface area contributed by atoms with Gasteiger partial charge >= 0.3 is 0 Å². The molecule has 1 spiro atoms. The zero-order chi connectivity index (χ0) is 44.5. The third-order valence-electron chi connectivity index (χ3n) is 15.0. The molecule has 2 heterocycles. The first-order chi connectivity index (χ1) is 33.7. The Morgan fingerprint density at radius 1 is 0.309 bits per heavy atom. The molecule has 13 aromatic rings. The average molecular weight is 862 g/mol. The molecule has 0 atom stereocenters. The van der Waals surface area contributed by atoms with Gasteiger partial charge in [0.1, 0.15) is 0 Å². The largest absolute Gasteiger partial charge is 0.309 e. The first kappa shape index (κ1) is 37.3. The van der Waals surface area contributed by atoms with Gasteiger partial charge in [-0.25, -0.2) is 4.98 Å². The van der Waals surface area contributed by atoms with E-state index in [9.17, 15) is 0 Å². The molecule has 0 radical (unpaired) electrons. The van der Waals surface area contributed by atoms with E-state index in [-0.39, 0.29) is 0 Å². The zero-order valence-electron chi connectivity index (χ0n) is 36.9. The maximum atomic E-state index is 5.47. The molecule has 0 N–H and O–H groups in total. The van der Waals surface area contributed by atoms with Gasteiger partial charge in [-0.3, -0.25) is 4.98 Å². The normalized spacial score (nSPS) is 13.1. The Morgan fingerprint density at radius 3 is 1.51 bits per heavy atom. The summed E-state index contributed by atoms with van der Waals surface area (Å²) in [7, 11) is 0. The lowest BCUT2D eigenvalue weighted by Gasteiger charge is -2.31. The molecule has 11 aromatic carbocycles. The molecule has 0 saturated carbocycles. The summed E-state index contributed by atoms with van der Waals surface area (Å²) < 4.78 is 2.38. The van der Waals surface area contributed by atoms with Crippen molar-refractivity contribution in [2.24, 2.45) is 0 Å². The van der Waals surface area contributed by atoms with Crippen LogP contribution in [0.5, 0.6) is 0 Å². The molecule has 0 bridgehead atoms. The minimum absolute atomic E-state index is 0.535. The molecular formula is C65H39N3. The Morgan fingerprint density at radius 2 is 0.809 bits per heavy atom. The zero-order valence-corrected chi connectivity index (χ0v) is 36.9. The fourth-order valence-electron chi connectivity index (χ4n) is 12.1. The van der Waals surface area contributed by atoms with Gasteiger partial charge in [0.15, 0.2) is 0 Å². The summed E-state index contributed by atoms with van der Waals surface area (Å²) in [6.07, 6.45) is 1.97. The number of rotatable bonds is 4. The van der Waals surface area contributed by atoms with E-state index < -0.39 is 5.41 Å². The second kappa shape index (κ2) is 14.0. The highest BCUT2D eigenvalue weighted by Crippen LogP contribution is 2.63. The fourth-order valence-corrected chi connectivity index (χ4v) is 12.1. The molecule has 0 aliphatic heterocycles. The summed E-state index contributed by atoms with van der Waals surface area (Å²) in [4.78, 5) is 10.7. The fraction of sp³-hybridized carbons (Fsp3) is 0.0154. The predicted octanol–water partition coefficient (Wildman–Crippen LogP) is 16.4. The Bertz CT molecular complexity index is 4190. The lowest BCUT2D eigenvalue weighted by atomic mass is 9.70. The second-order valence-corrected chi connectivity index (χ2v) is 18.4. The van der Waals surface area contributed by atoms with Crippen molar-refractivity contribution < 1.29 is 0 Å². The van der Waals surface area contributed by atoms with Crippen LogP contribution in [-0.4, -0.2) is 14.5 Å². The quantitative estimate of drug-likeness (QED) is 0.165. The Balaban J connectivity index is 0.901. The molecule has 2 aromatic heterocycles. The van der Waals surface area contributed by atoms with Crippen molar-refractivity contribution in [1.82, 2.24) is 14.5 Å². The van der Waals surface area contributed by atoms with E-state index in [4.69, 9.17) is 9.97 Å². The van der Waals surface area contributed by atoms with Crippen LogP contribution in [0.3, 0.4) is 0 Å². The summed E-state index contributed by atoms with van der Waals surface area (Å²) in [5.41, 5.74) is 21.9. The van der Waals surface area contributed by atoms with Crippen LogP contribution in [-0.2, 0) is 5.41 Å². The number of para-hydroxylation sites is 2. The van der Waals surface area contributed by atoms with Crippen LogP contribution >= 0.6 is 0 Å². The lowest BCUT2D eigenvalue weighted by molar-refractivity contribution is 0.794. The number of hydrogen-bond donors (Lipinski definition) is 0. The van der Waals surface area contributed by atoms with Crippen molar-refractivity contribution in [3.05, 3.63) is 259 Å². The summed E-state index contributed by atoms with van der Waals surface area (Å²) in [5.74, 6) is 0. The Hall–Kier alpha value is -8.92. The van der Waals surface area contributed by atoms with E-state index in [2.05, 4.69) is 235 Å². The lowest BCUT2D eigenvalue weighted by Crippen LogP contribution is -2.26. The van der Waals surface area contributed by atoms with Gasteiger partial charge in [-0.05, 0) is 126 Å². The molecule has 3 nitrogen and oxygen atoms in total. The van der Waals surface area contributed by atoms with Crippen LogP contribution < -0.4 is 0 Å². The van der Waals surface area contributed by atoms with Gasteiger partial charge in [0.25, 0.3) is 0 Å². The number of nitrogens with zero attached hydrogens (tertiary/aromatic N) is 3. The Labute approximate surface area is 392 Å². The van der Waals surface area contributed by atoms with Crippen LogP contribution in [0, 0.1) is 0 Å². The van der Waals surface area contributed by atoms with E-state index in [0.717, 1.165) is 33.1 Å². The van der Waals surface area contributed by atoms with E-state index in [0.29, 0.717) is 0 Å². The van der Waals surface area contributed by atoms with Gasteiger partial charge in [-0.2, -0.15) is 0 Å². The smallest absolute Gasteiger partial charge is 0.0979 e. The molecule has 314 valence electrons. The van der Waals surface area contributed by atoms with Gasteiger partial charge in [0.2, 0.25) is 0 Å². The number of aromatic nitrogens is 3. The van der Waals surface area contributed by atoms with Gasteiger partial charge in [0, 0.05) is 32.8 Å². The molecule has 0 amide bonds. The summed E-state index contributed by atoms with van der Waals surface area (Å²) >= 11 is 0. The first-order valence-corrected chi connectivity index (χ1v) is 23.5. The Kier molecular flexibility index (Phi) is 7.71. The second-order valence-electron chi connectivity index (χ2n) is 18.4. The predicted molar refractivity (Wildman–Crippen MR) is 281 cm³/mol. The highest BCUT2D eigenvalue weighted by Gasteiger charge is 2.51. The molecule has 3 heteroatoms. The molecule has 0 saturated heterocycles. The topological polar surface area (TPSA) is 30.7 Å². The standard InChI is InChI=1S/C65H39N3/c1-2-17-45(18-3-1)68-61-28-13-10-23-52(61)55-36-42(31-34-62(55)68)40-15-14-16-41(35-40)43-29-32-50-51-33-30-44(60-39-66-63-53-24-6-4-19-46(53)47-20-5-7-25-54(47)64(63)67-60)38-59(51)65(58(50)37-43)56-26-11-8-21-48(56)49-22-9-12-27-57(49)65/h1-39H. The summed E-state index contributed by atoms with van der Waals surface area (Å²) in [6.45, 7) is 0. The summed E-state index contributed by atoms with van der Waals surface area (Å²) in [5, 5.41) is 7.13. The molecule has 0 fully saturated rings. The minimum Gasteiger partial charge on any atom is -0.309 e. The van der Waals surface area contributed by atoms with E-state index in [1.54, 1.807) is 0 Å². The summed E-state index contributed by atoms with van der Waals surface area (Å²) in [6, 6.07) is 84.9. The van der Waals surface area contributed by atoms with Gasteiger partial charge in [-0.15, -0.1) is 0 Å². The first-order valence-electron chi connectivity index (χ1n) is 23.5. The van der Waals surface area contributed by atoms with Crippen LogP contribution in [0.15, 0.2) is 237 Å². The van der Waals surface area contributed by atoms with Gasteiger partial charge in [0.05, 0.1) is 39.4 Å². The highest BCUT2D eigenvalue weighted by atomic mass is 15.0.